The molecule has 3 heteroatoms. The van der Waals surface area contributed by atoms with E-state index >= 15 is 0 Å². The first kappa shape index (κ1) is 9.12. The van der Waals surface area contributed by atoms with E-state index in [2.05, 4.69) is 4.99 Å². The Balaban J connectivity index is 3.32. The predicted octanol–water partition coefficient (Wildman–Crippen LogP) is 1.35. The Morgan fingerprint density at radius 1 is 1.70 bits per heavy atom. The van der Waals surface area contributed by atoms with Gasteiger partial charge in [-0.3, -0.25) is 0 Å². The number of hydrogen-bond acceptors (Lipinski definition) is 3. The largest absolute Gasteiger partial charge is 0.385 e. The van der Waals surface area contributed by atoms with Gasteiger partial charge in [-0.15, -0.1) is 0 Å². The first-order valence-corrected chi connectivity index (χ1v) is 3.22. The van der Waals surface area contributed by atoms with Crippen LogP contribution in [0.25, 0.3) is 0 Å². The van der Waals surface area contributed by atoms with Crippen molar-refractivity contribution in [2.24, 2.45) is 4.99 Å². The van der Waals surface area contributed by atoms with Crippen molar-refractivity contribution in [2.75, 3.05) is 13.7 Å². The summed E-state index contributed by atoms with van der Waals surface area (Å²) >= 11 is 0. The number of ether oxygens (including phenoxy) is 1. The first-order chi connectivity index (χ1) is 4.81. The Kier molecular flexibility index (Phi) is 5.69. The number of methoxy groups -OCH3 is 1. The Bertz CT molecular complexity index is 146. The third-order valence-corrected chi connectivity index (χ3v) is 1.13. The molecule has 0 heterocycles. The monoisotopic (exact) mass is 140 g/mol. The molecule has 0 rings (SSSR count). The molecule has 0 aromatic carbocycles. The summed E-state index contributed by atoms with van der Waals surface area (Å²) in [6.45, 7) is 2.58. The van der Waals surface area contributed by atoms with Crippen LogP contribution < -0.4 is 0 Å². The fraction of sp³-hybridized carbons (Fsp3) is 0.714. The van der Waals surface area contributed by atoms with Gasteiger partial charge in [0.15, 0.2) is 0 Å². The Morgan fingerprint density at radius 3 is 2.90 bits per heavy atom. The molecule has 0 aromatic rings. The van der Waals surface area contributed by atoms with E-state index in [0.717, 1.165) is 25.2 Å². The van der Waals surface area contributed by atoms with E-state index in [1.54, 1.807) is 13.3 Å². The fourth-order valence-electron chi connectivity index (χ4n) is 0.614. The van der Waals surface area contributed by atoms with Crippen molar-refractivity contribution in [1.82, 2.24) is 0 Å². The van der Waals surface area contributed by atoms with Gasteiger partial charge < -0.3 is 4.74 Å². The van der Waals surface area contributed by atoms with Crippen molar-refractivity contribution >= 4 is 5.71 Å². The summed E-state index contributed by atoms with van der Waals surface area (Å²) in [5.74, 6) is 0. The Morgan fingerprint density at radius 2 is 2.40 bits per heavy atom. The van der Waals surface area contributed by atoms with Crippen molar-refractivity contribution in [3.05, 3.63) is 0 Å². The van der Waals surface area contributed by atoms with Crippen LogP contribution in [0.3, 0.4) is 0 Å². The van der Waals surface area contributed by atoms with Gasteiger partial charge in [-0.1, -0.05) is 0 Å². The molecule has 0 radical (unpaired) electrons. The number of rotatable bonds is 4. The summed E-state index contributed by atoms with van der Waals surface area (Å²) in [6, 6.07) is 0. The van der Waals surface area contributed by atoms with Gasteiger partial charge >= 0.3 is 0 Å². The highest BCUT2D eigenvalue weighted by molar-refractivity contribution is 5.82. The van der Waals surface area contributed by atoms with Crippen LogP contribution in [0, 0.1) is 11.5 Å². The number of nitrogens with zero attached hydrogens (tertiary/aromatic N) is 2. The summed E-state index contributed by atoms with van der Waals surface area (Å²) in [4.78, 5) is 3.56. The highest BCUT2D eigenvalue weighted by atomic mass is 16.5. The lowest BCUT2D eigenvalue weighted by Crippen LogP contribution is -1.94. The Labute approximate surface area is 61.3 Å². The summed E-state index contributed by atoms with van der Waals surface area (Å²) < 4.78 is 4.83. The number of hydrogen-bond donors (Lipinski definition) is 0. The average Bonchev–Trinajstić information content (AvgIpc) is 1.89. The lowest BCUT2D eigenvalue weighted by molar-refractivity contribution is 0.196. The van der Waals surface area contributed by atoms with Crippen molar-refractivity contribution in [3.63, 3.8) is 0 Å². The molecule has 56 valence electrons. The molecule has 0 N–H and O–H groups in total. The summed E-state index contributed by atoms with van der Waals surface area (Å²) in [7, 11) is 1.66. The van der Waals surface area contributed by atoms with Gasteiger partial charge in [-0.05, 0) is 19.8 Å². The fourth-order valence-corrected chi connectivity index (χ4v) is 0.614. The molecule has 10 heavy (non-hydrogen) atoms. The standard InChI is InChI=1S/C7H12N2O/c1-7(9-6-8)4-3-5-10-2/h3-5H2,1-2H3. The predicted molar refractivity (Wildman–Crippen MR) is 39.8 cm³/mol. The number of nitriles is 1. The highest BCUT2D eigenvalue weighted by Crippen LogP contribution is 1.92. The van der Waals surface area contributed by atoms with E-state index in [9.17, 15) is 0 Å². The third kappa shape index (κ3) is 5.26. The second-order valence-corrected chi connectivity index (χ2v) is 2.04. The van der Waals surface area contributed by atoms with Crippen LogP contribution in [0.15, 0.2) is 4.99 Å². The van der Waals surface area contributed by atoms with Crippen LogP contribution in [0.5, 0.6) is 0 Å². The van der Waals surface area contributed by atoms with E-state index in [1.165, 1.54) is 0 Å². The van der Waals surface area contributed by atoms with Crippen LogP contribution >= 0.6 is 0 Å². The molecule has 0 aliphatic rings. The lowest BCUT2D eigenvalue weighted by Gasteiger charge is -1.95. The van der Waals surface area contributed by atoms with E-state index in [0.29, 0.717) is 0 Å². The smallest absolute Gasteiger partial charge is 0.205 e. The maximum absolute atomic E-state index is 8.12. The lowest BCUT2D eigenvalue weighted by atomic mass is 10.2. The summed E-state index contributed by atoms with van der Waals surface area (Å²) in [5, 5.41) is 8.12. The quantitative estimate of drug-likeness (QED) is 0.336. The zero-order chi connectivity index (χ0) is 7.82. The second-order valence-electron chi connectivity index (χ2n) is 2.04. The molecule has 0 atom stereocenters. The molecule has 0 aliphatic carbocycles. The van der Waals surface area contributed by atoms with Crippen molar-refractivity contribution in [1.29, 1.82) is 5.26 Å². The highest BCUT2D eigenvalue weighted by Gasteiger charge is 1.89. The van der Waals surface area contributed by atoms with E-state index in [-0.39, 0.29) is 0 Å². The SMILES string of the molecule is COCCCC(C)=NC#N. The van der Waals surface area contributed by atoms with E-state index < -0.39 is 0 Å². The Hall–Kier alpha value is -0.880. The minimum atomic E-state index is 0.734. The maximum atomic E-state index is 8.12. The second kappa shape index (κ2) is 6.24. The van der Waals surface area contributed by atoms with Crippen LogP contribution in [0.4, 0.5) is 0 Å². The summed E-state index contributed by atoms with van der Waals surface area (Å²) in [5.41, 5.74) is 0.875. The topological polar surface area (TPSA) is 45.4 Å². The molecular formula is C7H12N2O. The molecule has 0 aromatic heterocycles. The third-order valence-electron chi connectivity index (χ3n) is 1.13. The van der Waals surface area contributed by atoms with Crippen LogP contribution in [-0.4, -0.2) is 19.4 Å². The zero-order valence-corrected chi connectivity index (χ0v) is 6.42. The minimum absolute atomic E-state index is 0.734. The van der Waals surface area contributed by atoms with Crippen LogP contribution in [-0.2, 0) is 4.74 Å². The minimum Gasteiger partial charge on any atom is -0.385 e. The van der Waals surface area contributed by atoms with Gasteiger partial charge in [-0.25, -0.2) is 0 Å². The number of aliphatic imine (C=N–C) groups is 1. The molecule has 0 saturated heterocycles. The molecule has 0 amide bonds. The first-order valence-electron chi connectivity index (χ1n) is 3.22. The van der Waals surface area contributed by atoms with Gasteiger partial charge in [0, 0.05) is 19.4 Å². The maximum Gasteiger partial charge on any atom is 0.205 e. The van der Waals surface area contributed by atoms with Gasteiger partial charge in [0.05, 0.1) is 0 Å². The van der Waals surface area contributed by atoms with Crippen molar-refractivity contribution in [2.45, 2.75) is 19.8 Å². The van der Waals surface area contributed by atoms with Gasteiger partial charge in [0.1, 0.15) is 0 Å². The van der Waals surface area contributed by atoms with Gasteiger partial charge in [-0.2, -0.15) is 10.3 Å². The van der Waals surface area contributed by atoms with Gasteiger partial charge in [0.25, 0.3) is 0 Å². The average molecular weight is 140 g/mol. The summed E-state index contributed by atoms with van der Waals surface area (Å²) in [6.07, 6.45) is 3.53. The van der Waals surface area contributed by atoms with E-state index in [4.69, 9.17) is 10.00 Å². The van der Waals surface area contributed by atoms with E-state index in [1.807, 2.05) is 6.92 Å². The zero-order valence-electron chi connectivity index (χ0n) is 6.42. The van der Waals surface area contributed by atoms with Crippen molar-refractivity contribution < 1.29 is 4.74 Å². The van der Waals surface area contributed by atoms with Crippen molar-refractivity contribution in [3.8, 4) is 6.19 Å². The molecule has 0 bridgehead atoms. The van der Waals surface area contributed by atoms with Crippen LogP contribution in [0.2, 0.25) is 0 Å². The van der Waals surface area contributed by atoms with Gasteiger partial charge in [0.2, 0.25) is 6.19 Å². The molecule has 3 nitrogen and oxygen atoms in total. The van der Waals surface area contributed by atoms with Crippen LogP contribution in [0.1, 0.15) is 19.8 Å². The molecule has 0 aliphatic heterocycles. The normalized spacial score (nSPS) is 11.1. The molecular weight excluding hydrogens is 128 g/mol. The molecule has 0 unspecified atom stereocenters. The molecule has 0 spiro atoms. The molecule has 0 saturated carbocycles. The molecule has 0 fully saturated rings.